The average molecular weight is 265 g/mol. The quantitative estimate of drug-likeness (QED) is 0.865. The summed E-state index contributed by atoms with van der Waals surface area (Å²) in [5.74, 6) is 3.04. The summed E-state index contributed by atoms with van der Waals surface area (Å²) in [5, 5.41) is 2.82. The van der Waals surface area contributed by atoms with Crippen molar-refractivity contribution in [3.05, 3.63) is 59.2 Å². The third-order valence-electron chi connectivity index (χ3n) is 2.98. The molecule has 100 valence electrons. The molecule has 0 atom stereocenters. The molecule has 0 aromatic heterocycles. The smallest absolute Gasteiger partial charge is 0.255 e. The molecule has 0 spiro atoms. The summed E-state index contributed by atoms with van der Waals surface area (Å²) in [6.07, 6.45) is 5.42. The Labute approximate surface area is 118 Å². The molecule has 0 fully saturated rings. The van der Waals surface area contributed by atoms with Gasteiger partial charge < -0.3 is 10.1 Å². The van der Waals surface area contributed by atoms with Gasteiger partial charge in [0.1, 0.15) is 5.75 Å². The van der Waals surface area contributed by atoms with E-state index < -0.39 is 0 Å². The van der Waals surface area contributed by atoms with Crippen LogP contribution in [-0.4, -0.2) is 13.0 Å². The Morgan fingerprint density at radius 3 is 2.75 bits per heavy atom. The molecule has 1 N–H and O–H groups in total. The van der Waals surface area contributed by atoms with Gasteiger partial charge in [-0.15, -0.1) is 6.42 Å². The lowest BCUT2D eigenvalue weighted by Crippen LogP contribution is -2.12. The average Bonchev–Trinajstić information content (AvgIpc) is 2.49. The van der Waals surface area contributed by atoms with Crippen LogP contribution in [0.5, 0.6) is 5.75 Å². The van der Waals surface area contributed by atoms with Gasteiger partial charge in [0, 0.05) is 16.8 Å². The third-order valence-corrected chi connectivity index (χ3v) is 2.98. The molecule has 0 aliphatic heterocycles. The zero-order valence-corrected chi connectivity index (χ0v) is 11.4. The second-order valence-electron chi connectivity index (χ2n) is 4.36. The number of methoxy groups -OCH3 is 1. The van der Waals surface area contributed by atoms with Crippen LogP contribution in [0, 0.1) is 19.3 Å². The van der Waals surface area contributed by atoms with Crippen molar-refractivity contribution in [2.24, 2.45) is 0 Å². The van der Waals surface area contributed by atoms with E-state index in [-0.39, 0.29) is 5.91 Å². The van der Waals surface area contributed by atoms with Gasteiger partial charge in [0.2, 0.25) is 0 Å². The molecule has 3 nitrogen and oxygen atoms in total. The topological polar surface area (TPSA) is 38.3 Å². The number of carbonyl (C=O) groups excluding carboxylic acids is 1. The highest BCUT2D eigenvalue weighted by molar-refractivity contribution is 6.04. The minimum Gasteiger partial charge on any atom is -0.497 e. The summed E-state index contributed by atoms with van der Waals surface area (Å²) in [4.78, 5) is 12.1. The number of hydrogen-bond acceptors (Lipinski definition) is 2. The molecule has 0 radical (unpaired) electrons. The van der Waals surface area contributed by atoms with Crippen LogP contribution in [0.1, 0.15) is 21.5 Å². The van der Waals surface area contributed by atoms with E-state index in [1.54, 1.807) is 37.4 Å². The first kappa shape index (κ1) is 13.7. The van der Waals surface area contributed by atoms with Crippen molar-refractivity contribution in [3.63, 3.8) is 0 Å². The monoisotopic (exact) mass is 265 g/mol. The fourth-order valence-corrected chi connectivity index (χ4v) is 1.82. The summed E-state index contributed by atoms with van der Waals surface area (Å²) >= 11 is 0. The zero-order chi connectivity index (χ0) is 14.5. The summed E-state index contributed by atoms with van der Waals surface area (Å²) in [7, 11) is 1.57. The maximum absolute atomic E-state index is 12.1. The van der Waals surface area contributed by atoms with Crippen LogP contribution in [0.2, 0.25) is 0 Å². The van der Waals surface area contributed by atoms with Gasteiger partial charge in [0.05, 0.1) is 7.11 Å². The van der Waals surface area contributed by atoms with Gasteiger partial charge in [-0.2, -0.15) is 0 Å². The van der Waals surface area contributed by atoms with Crippen molar-refractivity contribution in [2.75, 3.05) is 12.4 Å². The summed E-state index contributed by atoms with van der Waals surface area (Å²) in [6, 6.07) is 12.5. The van der Waals surface area contributed by atoms with Gasteiger partial charge in [-0.3, -0.25) is 4.79 Å². The third kappa shape index (κ3) is 2.99. The number of benzene rings is 2. The number of rotatable bonds is 3. The lowest BCUT2D eigenvalue weighted by atomic mass is 10.1. The Morgan fingerprint density at radius 1 is 1.25 bits per heavy atom. The van der Waals surface area contributed by atoms with Crippen molar-refractivity contribution >= 4 is 11.6 Å². The SMILES string of the molecule is C#Cc1cc(NC(=O)c2cccc(OC)c2)ccc1C. The van der Waals surface area contributed by atoms with Crippen LogP contribution in [0.25, 0.3) is 0 Å². The maximum Gasteiger partial charge on any atom is 0.255 e. The van der Waals surface area contributed by atoms with Crippen molar-refractivity contribution in [2.45, 2.75) is 6.92 Å². The first-order valence-electron chi connectivity index (χ1n) is 6.16. The molecular formula is C17H15NO2. The second-order valence-corrected chi connectivity index (χ2v) is 4.36. The van der Waals surface area contributed by atoms with E-state index in [1.165, 1.54) is 0 Å². The molecule has 20 heavy (non-hydrogen) atoms. The van der Waals surface area contributed by atoms with Gasteiger partial charge in [0.25, 0.3) is 5.91 Å². The fraction of sp³-hybridized carbons (Fsp3) is 0.118. The first-order chi connectivity index (χ1) is 9.63. The van der Waals surface area contributed by atoms with Crippen LogP contribution in [0.3, 0.4) is 0 Å². The van der Waals surface area contributed by atoms with Crippen LogP contribution in [-0.2, 0) is 0 Å². The summed E-state index contributed by atoms with van der Waals surface area (Å²) < 4.78 is 5.10. The molecule has 0 bridgehead atoms. The Bertz CT molecular complexity index is 684. The second kappa shape index (κ2) is 5.94. The number of ether oxygens (including phenoxy) is 1. The molecule has 1 amide bonds. The first-order valence-corrected chi connectivity index (χ1v) is 6.16. The highest BCUT2D eigenvalue weighted by atomic mass is 16.5. The van der Waals surface area contributed by atoms with Crippen molar-refractivity contribution in [1.82, 2.24) is 0 Å². The van der Waals surface area contributed by atoms with Crippen LogP contribution in [0.15, 0.2) is 42.5 Å². The van der Waals surface area contributed by atoms with E-state index >= 15 is 0 Å². The summed E-state index contributed by atoms with van der Waals surface area (Å²) in [5.41, 5.74) is 2.99. The highest BCUT2D eigenvalue weighted by Crippen LogP contribution is 2.17. The fourth-order valence-electron chi connectivity index (χ4n) is 1.82. The molecular weight excluding hydrogens is 250 g/mol. The van der Waals surface area contributed by atoms with Gasteiger partial charge in [0.15, 0.2) is 0 Å². The molecule has 3 heteroatoms. The minimum atomic E-state index is -0.198. The molecule has 2 aromatic rings. The van der Waals surface area contributed by atoms with Gasteiger partial charge in [-0.05, 0) is 42.8 Å². The standard InChI is InChI=1S/C17H15NO2/c1-4-13-10-15(9-8-12(13)2)18-17(19)14-6-5-7-16(11-14)20-3/h1,5-11H,2-3H3,(H,18,19). The van der Waals surface area contributed by atoms with Crippen LogP contribution in [0.4, 0.5) is 5.69 Å². The normalized spacial score (nSPS) is 9.65. The Morgan fingerprint density at radius 2 is 2.05 bits per heavy atom. The molecule has 0 heterocycles. The van der Waals surface area contributed by atoms with E-state index in [1.807, 2.05) is 19.1 Å². The molecule has 2 aromatic carbocycles. The van der Waals surface area contributed by atoms with E-state index in [9.17, 15) is 4.79 Å². The van der Waals surface area contributed by atoms with E-state index in [4.69, 9.17) is 11.2 Å². The van der Waals surface area contributed by atoms with Crippen molar-refractivity contribution in [3.8, 4) is 18.1 Å². The minimum absolute atomic E-state index is 0.198. The van der Waals surface area contributed by atoms with Gasteiger partial charge >= 0.3 is 0 Å². The van der Waals surface area contributed by atoms with Gasteiger partial charge in [-0.1, -0.05) is 18.1 Å². The predicted molar refractivity (Wildman–Crippen MR) is 80.1 cm³/mol. The number of nitrogens with one attached hydrogen (secondary N) is 1. The van der Waals surface area contributed by atoms with E-state index in [0.29, 0.717) is 17.0 Å². The molecule has 0 unspecified atom stereocenters. The van der Waals surface area contributed by atoms with E-state index in [0.717, 1.165) is 11.1 Å². The number of amides is 1. The van der Waals surface area contributed by atoms with Crippen LogP contribution >= 0.6 is 0 Å². The van der Waals surface area contributed by atoms with Crippen molar-refractivity contribution in [1.29, 1.82) is 0 Å². The Hall–Kier alpha value is -2.73. The molecule has 0 saturated heterocycles. The largest absolute Gasteiger partial charge is 0.497 e. The lowest BCUT2D eigenvalue weighted by molar-refractivity contribution is 0.102. The number of hydrogen-bond donors (Lipinski definition) is 1. The number of terminal acetylenes is 1. The highest BCUT2D eigenvalue weighted by Gasteiger charge is 2.07. The summed E-state index contributed by atoms with van der Waals surface area (Å²) in [6.45, 7) is 1.93. The zero-order valence-electron chi connectivity index (χ0n) is 11.4. The predicted octanol–water partition coefficient (Wildman–Crippen LogP) is 3.24. The Balaban J connectivity index is 2.21. The number of aryl methyl sites for hydroxylation is 1. The Kier molecular flexibility index (Phi) is 4.07. The number of anilines is 1. The lowest BCUT2D eigenvalue weighted by Gasteiger charge is -2.08. The van der Waals surface area contributed by atoms with Gasteiger partial charge in [-0.25, -0.2) is 0 Å². The molecule has 0 aliphatic rings. The maximum atomic E-state index is 12.1. The van der Waals surface area contributed by atoms with Crippen molar-refractivity contribution < 1.29 is 9.53 Å². The van der Waals surface area contributed by atoms with Crippen LogP contribution < -0.4 is 10.1 Å². The number of carbonyl (C=O) groups is 1. The molecule has 0 saturated carbocycles. The van der Waals surface area contributed by atoms with E-state index in [2.05, 4.69) is 11.2 Å². The molecule has 0 aliphatic carbocycles. The molecule has 2 rings (SSSR count).